The van der Waals surface area contributed by atoms with E-state index in [2.05, 4.69) is 218 Å². The second-order valence-electron chi connectivity index (χ2n) is 19.4. The van der Waals surface area contributed by atoms with Crippen molar-refractivity contribution >= 4 is 44.6 Å². The third-order valence-corrected chi connectivity index (χ3v) is 13.3. The molecule has 0 amide bonds. The molecule has 0 N–H and O–H groups in total. The smallest absolute Gasteiger partial charge is 0.225 e. The average molecular weight is 1020 g/mol. The molecule has 320 valence electrons. The van der Waals surface area contributed by atoms with Crippen LogP contribution < -0.4 is 13.9 Å². The number of ether oxygens (including phenoxy) is 1. The number of fused-ring (bicyclic) bond motifs is 7. The monoisotopic (exact) mass is 1010 g/mol. The van der Waals surface area contributed by atoms with E-state index in [1.54, 1.807) is 0 Å². The van der Waals surface area contributed by atoms with Crippen LogP contribution in [0.1, 0.15) is 63.8 Å². The molecule has 5 nitrogen and oxygen atoms in total. The molecule has 7 aromatic carbocycles. The van der Waals surface area contributed by atoms with Gasteiger partial charge in [0.25, 0.3) is 0 Å². The number of benzene rings is 7. The van der Waals surface area contributed by atoms with E-state index < -0.39 is 0 Å². The molecule has 2 aliphatic heterocycles. The van der Waals surface area contributed by atoms with E-state index in [0.717, 1.165) is 38.9 Å². The van der Waals surface area contributed by atoms with Crippen LogP contribution in [0.2, 0.25) is 0 Å². The van der Waals surface area contributed by atoms with Crippen molar-refractivity contribution in [3.63, 3.8) is 0 Å². The fraction of sp³-hybridized carbons (Fsp3) is 0.172. The Labute approximate surface area is 391 Å². The molecule has 0 spiro atoms. The van der Waals surface area contributed by atoms with Crippen molar-refractivity contribution in [1.82, 2.24) is 18.7 Å². The van der Waals surface area contributed by atoms with Gasteiger partial charge >= 0.3 is 0 Å². The molecular weight excluding hydrogens is 964 g/mol. The predicted molar refractivity (Wildman–Crippen MR) is 261 cm³/mol. The second-order valence-corrected chi connectivity index (χ2v) is 19.4. The largest absolute Gasteiger partial charge is 0.509 e. The van der Waals surface area contributed by atoms with Gasteiger partial charge in [-0.05, 0) is 92.8 Å². The Bertz CT molecular complexity index is 3280. The quantitative estimate of drug-likeness (QED) is 0.0904. The number of quaternary nitrogens is 2. The number of rotatable bonds is 7. The molecule has 6 heteroatoms. The first-order valence-electron chi connectivity index (χ1n) is 22.0. The maximum absolute atomic E-state index is 6.77. The summed E-state index contributed by atoms with van der Waals surface area (Å²) in [5, 5.41) is 2.27. The number of para-hydroxylation sites is 2. The number of hydrogen-bond donors (Lipinski definition) is 0. The summed E-state index contributed by atoms with van der Waals surface area (Å²) in [6, 6.07) is 62.0. The zero-order chi connectivity index (χ0) is 43.5. The van der Waals surface area contributed by atoms with Crippen molar-refractivity contribution in [3.05, 3.63) is 199 Å². The maximum atomic E-state index is 6.77. The van der Waals surface area contributed by atoms with Gasteiger partial charge < -0.3 is 9.30 Å². The molecular formula is C58H51N4OPt-. The molecule has 2 aliphatic rings. The van der Waals surface area contributed by atoms with Gasteiger partial charge in [0.1, 0.15) is 5.82 Å². The van der Waals surface area contributed by atoms with Crippen molar-refractivity contribution in [1.29, 1.82) is 0 Å². The minimum Gasteiger partial charge on any atom is -0.509 e. The molecule has 4 heterocycles. The van der Waals surface area contributed by atoms with Crippen molar-refractivity contribution in [2.75, 3.05) is 0 Å². The number of nitrogens with zero attached hydrogens (tertiary/aromatic N) is 4. The van der Waals surface area contributed by atoms with E-state index in [9.17, 15) is 0 Å². The van der Waals surface area contributed by atoms with E-state index in [1.165, 1.54) is 56.0 Å². The molecule has 64 heavy (non-hydrogen) atoms. The molecule has 0 saturated carbocycles. The van der Waals surface area contributed by atoms with Crippen LogP contribution in [0.5, 0.6) is 11.5 Å². The Kier molecular flexibility index (Phi) is 9.81. The third-order valence-electron chi connectivity index (χ3n) is 13.3. The Morgan fingerprint density at radius 2 is 1.23 bits per heavy atom. The molecule has 2 atom stereocenters. The van der Waals surface area contributed by atoms with Gasteiger partial charge in [-0.3, -0.25) is 0 Å². The van der Waals surface area contributed by atoms with Gasteiger partial charge in [-0.1, -0.05) is 132 Å². The molecule has 2 aromatic heterocycles. The van der Waals surface area contributed by atoms with Crippen LogP contribution in [0.4, 0.5) is 22.7 Å². The summed E-state index contributed by atoms with van der Waals surface area (Å²) in [6.45, 7) is 20.5. The van der Waals surface area contributed by atoms with E-state index in [0.29, 0.717) is 20.7 Å². The number of hydrogen-bond acceptors (Lipinski definition) is 2. The van der Waals surface area contributed by atoms with E-state index >= 15 is 0 Å². The number of aromatic nitrogens is 2. The van der Waals surface area contributed by atoms with Gasteiger partial charge in [0.2, 0.25) is 11.4 Å². The summed E-state index contributed by atoms with van der Waals surface area (Å²) < 4.78 is 10.1. The van der Waals surface area contributed by atoms with Crippen LogP contribution in [0.15, 0.2) is 158 Å². The molecule has 9 aromatic rings. The Hall–Kier alpha value is -6.10. The normalized spacial score (nSPS) is 17.6. The van der Waals surface area contributed by atoms with Gasteiger partial charge in [0, 0.05) is 68.5 Å². The minimum atomic E-state index is -0.0123. The average Bonchev–Trinajstić information content (AvgIpc) is 3.77. The molecule has 1 fully saturated rings. The molecule has 0 radical (unpaired) electrons. The first-order chi connectivity index (χ1) is 30.3. The molecule has 11 rings (SSSR count). The van der Waals surface area contributed by atoms with Crippen LogP contribution in [-0.2, 0) is 31.9 Å². The topological polar surface area (TPSA) is 27.1 Å². The zero-order valence-corrected chi connectivity index (χ0v) is 39.9. The number of aryl methyl sites for hydroxylation is 2. The standard InChI is InChI=1S/C58H51N4O.Pt/c1-38-30-44(58(6,7)8)31-39(2)56(38)42-28-29-59-55(33-42)60-51-27-24-43(57(3,4)5)34-50(51)49-26-25-48(36-52(49)60)63-47-21-15-20-46(35-47)62-37-61(62,53-22-12-13-23-54(53)62)45-19-14-18-41(32-45)40-16-10-9-11-17-40;/h9-34,37H,1-8H3;/q-1;/t61-,62?;/m0./s1. The SMILES string of the molecule is Cc1cc(C(C)(C)C)cc(C)c1-c1ccnc(-n2c3[c-]c(Oc4[c-]c([N+]56[CH-][N@+]5(c5cccc(-c7ccccc7)c5)c5ccccc56)ccc4)ccc3c3cc(C(C)(C)C)ccc32)c1.[Pt]. The van der Waals surface area contributed by atoms with Crippen LogP contribution >= 0.6 is 0 Å². The molecule has 1 saturated heterocycles. The summed E-state index contributed by atoms with van der Waals surface area (Å²) in [5.41, 5.74) is 16.7. The van der Waals surface area contributed by atoms with Gasteiger partial charge in [0.05, 0.1) is 5.69 Å². The van der Waals surface area contributed by atoms with E-state index in [4.69, 9.17) is 9.72 Å². The van der Waals surface area contributed by atoms with Gasteiger partial charge in [-0.15, -0.1) is 29.7 Å². The van der Waals surface area contributed by atoms with Crippen LogP contribution in [0, 0.1) is 32.6 Å². The van der Waals surface area contributed by atoms with Crippen molar-refractivity contribution in [2.24, 2.45) is 0 Å². The van der Waals surface area contributed by atoms with Crippen LogP contribution in [0.25, 0.3) is 49.9 Å². The molecule has 0 aliphatic carbocycles. The first kappa shape index (κ1) is 41.9. The van der Waals surface area contributed by atoms with Crippen molar-refractivity contribution in [2.45, 2.75) is 66.2 Å². The van der Waals surface area contributed by atoms with Gasteiger partial charge in [0.15, 0.2) is 12.4 Å². The predicted octanol–water partition coefficient (Wildman–Crippen LogP) is 15.5. The summed E-state index contributed by atoms with van der Waals surface area (Å²) in [4.78, 5) is 5.03. The summed E-state index contributed by atoms with van der Waals surface area (Å²) in [7, 11) is 0. The number of pyridine rings is 1. The third kappa shape index (κ3) is 6.43. The fourth-order valence-electron chi connectivity index (χ4n) is 10.0. The Morgan fingerprint density at radius 1 is 0.562 bits per heavy atom. The van der Waals surface area contributed by atoms with E-state index in [1.807, 2.05) is 18.3 Å². The summed E-state index contributed by atoms with van der Waals surface area (Å²) in [5.74, 6) is 2.09. The summed E-state index contributed by atoms with van der Waals surface area (Å²) >= 11 is 0. The molecule has 1 unspecified atom stereocenters. The van der Waals surface area contributed by atoms with E-state index in [-0.39, 0.29) is 31.9 Å². The van der Waals surface area contributed by atoms with Crippen LogP contribution in [0.3, 0.4) is 0 Å². The second kappa shape index (κ2) is 15.0. The van der Waals surface area contributed by atoms with Crippen LogP contribution in [-0.4, -0.2) is 9.55 Å². The maximum Gasteiger partial charge on any atom is 0.225 e. The van der Waals surface area contributed by atoms with Gasteiger partial charge in [-0.2, -0.15) is 16.7 Å². The van der Waals surface area contributed by atoms with Crippen molar-refractivity contribution < 1.29 is 25.8 Å². The summed E-state index contributed by atoms with van der Waals surface area (Å²) in [6.07, 6.45) is 1.94. The fourth-order valence-corrected chi connectivity index (χ4v) is 10.0. The van der Waals surface area contributed by atoms with Gasteiger partial charge in [-0.25, -0.2) is 9.58 Å². The molecule has 0 bridgehead atoms. The Morgan fingerprint density at radius 3 is 1.97 bits per heavy atom. The minimum absolute atomic E-state index is 0. The zero-order valence-electron chi connectivity index (χ0n) is 37.6. The Balaban J connectivity index is 0.00000484. The van der Waals surface area contributed by atoms with Crippen molar-refractivity contribution in [3.8, 4) is 39.6 Å². The first-order valence-corrected chi connectivity index (χ1v) is 22.0.